The Labute approximate surface area is 169 Å². The topological polar surface area (TPSA) is 118 Å². The highest BCUT2D eigenvalue weighted by Gasteiger charge is 2.21. The first-order chi connectivity index (χ1) is 14.4. The van der Waals surface area contributed by atoms with Crippen LogP contribution >= 0.6 is 0 Å². The van der Waals surface area contributed by atoms with Gasteiger partial charge in [0.15, 0.2) is 0 Å². The molecule has 2 heterocycles. The van der Waals surface area contributed by atoms with Crippen molar-refractivity contribution in [3.8, 4) is 5.69 Å². The number of pyridine rings is 1. The number of aromatic carboxylic acids is 1. The van der Waals surface area contributed by atoms with Crippen molar-refractivity contribution in [2.75, 3.05) is 31.1 Å². The van der Waals surface area contributed by atoms with Crippen LogP contribution in [0, 0.1) is 15.9 Å². The van der Waals surface area contributed by atoms with Crippen molar-refractivity contribution < 1.29 is 19.2 Å². The first-order valence-corrected chi connectivity index (χ1v) is 9.19. The molecule has 0 unspecified atom stereocenters. The van der Waals surface area contributed by atoms with Gasteiger partial charge in [0.2, 0.25) is 5.43 Å². The Balaban J connectivity index is 1.98. The Kier molecular flexibility index (Phi) is 4.92. The molecule has 0 atom stereocenters. The number of non-ortho nitro benzene ring substituents is 1. The number of carboxylic acids is 1. The van der Waals surface area contributed by atoms with Crippen LogP contribution in [0.25, 0.3) is 16.6 Å². The van der Waals surface area contributed by atoms with Crippen LogP contribution in [0.1, 0.15) is 10.4 Å². The van der Waals surface area contributed by atoms with E-state index in [0.29, 0.717) is 43.1 Å². The maximum atomic E-state index is 14.9. The number of hydrogen-bond acceptors (Lipinski definition) is 6. The highest BCUT2D eigenvalue weighted by Crippen LogP contribution is 2.28. The van der Waals surface area contributed by atoms with E-state index in [1.165, 1.54) is 34.9 Å². The minimum Gasteiger partial charge on any atom is -0.477 e. The number of carboxylic acid groups (broad SMARTS) is 1. The maximum absolute atomic E-state index is 14.9. The molecule has 10 heteroatoms. The molecule has 0 spiro atoms. The van der Waals surface area contributed by atoms with Crippen molar-refractivity contribution in [1.82, 2.24) is 9.88 Å². The summed E-state index contributed by atoms with van der Waals surface area (Å²) in [5, 5.41) is 23.5. The quantitative estimate of drug-likeness (QED) is 0.498. The molecule has 30 heavy (non-hydrogen) atoms. The number of rotatable bonds is 4. The third-order valence-corrected chi connectivity index (χ3v) is 5.10. The smallest absolute Gasteiger partial charge is 0.341 e. The lowest BCUT2D eigenvalue weighted by molar-refractivity contribution is -0.384. The molecule has 1 aromatic heterocycles. The molecule has 0 saturated carbocycles. The summed E-state index contributed by atoms with van der Waals surface area (Å²) in [7, 11) is 0. The van der Waals surface area contributed by atoms with Crippen molar-refractivity contribution in [1.29, 1.82) is 0 Å². The largest absolute Gasteiger partial charge is 0.477 e. The van der Waals surface area contributed by atoms with Crippen molar-refractivity contribution in [2.24, 2.45) is 0 Å². The number of carbonyl (C=O) groups is 1. The van der Waals surface area contributed by atoms with Crippen LogP contribution in [-0.2, 0) is 0 Å². The number of halogens is 1. The standard InChI is InChI=1S/C20H17FN4O5/c21-16-9-14-17(10-18(16)23-7-5-22-6-8-23)24(11-15(19(14)26)20(27)28)12-1-3-13(4-2-12)25(29)30/h1-4,9-11,22H,5-8H2,(H,27,28). The fourth-order valence-corrected chi connectivity index (χ4v) is 3.58. The predicted octanol–water partition coefficient (Wildman–Crippen LogP) is 2.15. The summed E-state index contributed by atoms with van der Waals surface area (Å²) in [4.78, 5) is 36.5. The van der Waals surface area contributed by atoms with Crippen LogP contribution in [0.4, 0.5) is 15.8 Å². The monoisotopic (exact) mass is 412 g/mol. The van der Waals surface area contributed by atoms with Gasteiger partial charge in [0.1, 0.15) is 11.4 Å². The van der Waals surface area contributed by atoms with Crippen molar-refractivity contribution in [2.45, 2.75) is 0 Å². The Hall–Kier alpha value is -3.79. The van der Waals surface area contributed by atoms with Crippen LogP contribution in [0.15, 0.2) is 47.4 Å². The van der Waals surface area contributed by atoms with E-state index in [4.69, 9.17) is 0 Å². The molecule has 154 valence electrons. The fraction of sp³-hybridized carbons (Fsp3) is 0.200. The average Bonchev–Trinajstić information content (AvgIpc) is 2.74. The Bertz CT molecular complexity index is 1220. The fourth-order valence-electron chi connectivity index (χ4n) is 3.58. The van der Waals surface area contributed by atoms with Crippen molar-refractivity contribution >= 4 is 28.2 Å². The molecule has 1 aliphatic rings. The second-order valence-corrected chi connectivity index (χ2v) is 6.88. The number of hydrogen-bond donors (Lipinski definition) is 2. The summed E-state index contributed by atoms with van der Waals surface area (Å²) in [6.07, 6.45) is 1.16. The molecule has 3 aromatic rings. The van der Waals surface area contributed by atoms with E-state index in [1.807, 2.05) is 4.90 Å². The SMILES string of the molecule is O=C(O)c1cn(-c2ccc([N+](=O)[O-])cc2)c2cc(N3CCNCC3)c(F)cc2c1=O. The lowest BCUT2D eigenvalue weighted by atomic mass is 10.1. The average molecular weight is 412 g/mol. The first-order valence-electron chi connectivity index (χ1n) is 9.19. The second kappa shape index (κ2) is 7.56. The van der Waals surface area contributed by atoms with Gasteiger partial charge in [-0.1, -0.05) is 0 Å². The number of nitro benzene ring substituents is 1. The number of piperazine rings is 1. The molecule has 1 aliphatic heterocycles. The van der Waals surface area contributed by atoms with Gasteiger partial charge in [-0.2, -0.15) is 0 Å². The molecule has 0 amide bonds. The van der Waals surface area contributed by atoms with Crippen molar-refractivity contribution in [3.63, 3.8) is 0 Å². The number of anilines is 1. The Morgan fingerprint density at radius 2 is 1.83 bits per heavy atom. The minimum absolute atomic E-state index is 0.0790. The van der Waals surface area contributed by atoms with Crippen LogP contribution in [-0.4, -0.2) is 46.7 Å². The number of nitrogens with one attached hydrogen (secondary N) is 1. The van der Waals surface area contributed by atoms with Gasteiger partial charge in [0, 0.05) is 55.6 Å². The predicted molar refractivity (Wildman–Crippen MR) is 108 cm³/mol. The molecule has 1 saturated heterocycles. The molecule has 2 N–H and O–H groups in total. The zero-order valence-corrected chi connectivity index (χ0v) is 15.7. The Morgan fingerprint density at radius 1 is 1.17 bits per heavy atom. The summed E-state index contributed by atoms with van der Waals surface area (Å²) >= 11 is 0. The molecule has 0 radical (unpaired) electrons. The van der Waals surface area contributed by atoms with E-state index in [0.717, 1.165) is 12.3 Å². The number of nitrogens with zero attached hydrogens (tertiary/aromatic N) is 3. The van der Waals surface area contributed by atoms with E-state index in [2.05, 4.69) is 5.32 Å². The zero-order valence-electron chi connectivity index (χ0n) is 15.7. The molecular weight excluding hydrogens is 395 g/mol. The van der Waals surface area contributed by atoms with E-state index < -0.39 is 27.7 Å². The van der Waals surface area contributed by atoms with E-state index in [9.17, 15) is 29.2 Å². The lowest BCUT2D eigenvalue weighted by Crippen LogP contribution is -2.43. The molecule has 2 aromatic carbocycles. The maximum Gasteiger partial charge on any atom is 0.341 e. The molecule has 4 rings (SSSR count). The number of aromatic nitrogens is 1. The summed E-state index contributed by atoms with van der Waals surface area (Å²) in [5.41, 5.74) is -0.409. The summed E-state index contributed by atoms with van der Waals surface area (Å²) in [6, 6.07) is 8.03. The Morgan fingerprint density at radius 3 is 2.43 bits per heavy atom. The number of benzene rings is 2. The third-order valence-electron chi connectivity index (χ3n) is 5.10. The number of fused-ring (bicyclic) bond motifs is 1. The van der Waals surface area contributed by atoms with E-state index in [1.54, 1.807) is 0 Å². The van der Waals surface area contributed by atoms with Crippen LogP contribution in [0.2, 0.25) is 0 Å². The van der Waals surface area contributed by atoms with Gasteiger partial charge in [-0.05, 0) is 24.3 Å². The summed E-state index contributed by atoms with van der Waals surface area (Å²) in [6.45, 7) is 2.53. The first kappa shape index (κ1) is 19.5. The molecule has 0 bridgehead atoms. The second-order valence-electron chi connectivity index (χ2n) is 6.88. The van der Waals surface area contributed by atoms with E-state index in [-0.39, 0.29) is 11.1 Å². The van der Waals surface area contributed by atoms with Gasteiger partial charge in [-0.25, -0.2) is 9.18 Å². The van der Waals surface area contributed by atoms with Gasteiger partial charge >= 0.3 is 5.97 Å². The van der Waals surface area contributed by atoms with Crippen LogP contribution in [0.3, 0.4) is 0 Å². The highest BCUT2D eigenvalue weighted by atomic mass is 19.1. The highest BCUT2D eigenvalue weighted by molar-refractivity contribution is 5.94. The minimum atomic E-state index is -1.44. The van der Waals surface area contributed by atoms with Gasteiger partial charge in [0.25, 0.3) is 5.69 Å². The van der Waals surface area contributed by atoms with Gasteiger partial charge in [-0.15, -0.1) is 0 Å². The van der Waals surface area contributed by atoms with Crippen LogP contribution < -0.4 is 15.6 Å². The third kappa shape index (κ3) is 3.37. The van der Waals surface area contributed by atoms with Crippen LogP contribution in [0.5, 0.6) is 0 Å². The van der Waals surface area contributed by atoms with Crippen molar-refractivity contribution in [3.05, 3.63) is 74.3 Å². The van der Waals surface area contributed by atoms with E-state index >= 15 is 0 Å². The molecule has 1 fully saturated rings. The zero-order chi connectivity index (χ0) is 21.4. The molecule has 0 aliphatic carbocycles. The van der Waals surface area contributed by atoms with Gasteiger partial charge in [0.05, 0.1) is 16.1 Å². The molecule has 9 nitrogen and oxygen atoms in total. The summed E-state index contributed by atoms with van der Waals surface area (Å²) < 4.78 is 16.3. The van der Waals surface area contributed by atoms with Gasteiger partial charge < -0.3 is 19.9 Å². The normalized spacial score (nSPS) is 14.1. The lowest BCUT2D eigenvalue weighted by Gasteiger charge is -2.30. The summed E-state index contributed by atoms with van der Waals surface area (Å²) in [5.74, 6) is -2.05. The van der Waals surface area contributed by atoms with Gasteiger partial charge in [-0.3, -0.25) is 14.9 Å². The molecular formula is C20H17FN4O5. The number of nitro groups is 1.